The van der Waals surface area contributed by atoms with E-state index < -0.39 is 18.1 Å². The molecule has 1 fully saturated rings. The van der Waals surface area contributed by atoms with Crippen molar-refractivity contribution in [3.05, 3.63) is 88.7 Å². The van der Waals surface area contributed by atoms with E-state index in [-0.39, 0.29) is 17.6 Å². The molecule has 1 aliphatic rings. The SMILES string of the molecule is CCCC1CCCCN1C(=O)c1cc(C(=O)N[C@@H](Cc2ccccc2)[C@H](O)CNCc2cccc(C)c2)nn1CC. The number of carbonyl (C=O) groups is 2. The highest BCUT2D eigenvalue weighted by Crippen LogP contribution is 2.23. The minimum Gasteiger partial charge on any atom is -0.390 e. The zero-order valence-electron chi connectivity index (χ0n) is 24.7. The van der Waals surface area contributed by atoms with Gasteiger partial charge in [-0.3, -0.25) is 14.3 Å². The van der Waals surface area contributed by atoms with E-state index in [9.17, 15) is 14.7 Å². The smallest absolute Gasteiger partial charge is 0.272 e. The summed E-state index contributed by atoms with van der Waals surface area (Å²) in [6.07, 6.45) is 4.80. The predicted octanol–water partition coefficient (Wildman–Crippen LogP) is 4.50. The normalized spacial score (nSPS) is 16.8. The van der Waals surface area contributed by atoms with Gasteiger partial charge in [-0.15, -0.1) is 0 Å². The highest BCUT2D eigenvalue weighted by atomic mass is 16.3. The Morgan fingerprint density at radius 2 is 1.83 bits per heavy atom. The molecule has 220 valence electrons. The van der Waals surface area contributed by atoms with E-state index in [4.69, 9.17) is 0 Å². The first kappa shape index (κ1) is 30.5. The van der Waals surface area contributed by atoms with E-state index in [0.29, 0.717) is 31.7 Å². The van der Waals surface area contributed by atoms with Crippen molar-refractivity contribution in [1.29, 1.82) is 0 Å². The Balaban J connectivity index is 1.47. The number of hydrogen-bond acceptors (Lipinski definition) is 5. The van der Waals surface area contributed by atoms with Gasteiger partial charge in [0.15, 0.2) is 5.69 Å². The molecule has 1 aromatic heterocycles. The van der Waals surface area contributed by atoms with Crippen LogP contribution in [0.5, 0.6) is 0 Å². The van der Waals surface area contributed by atoms with Crippen LogP contribution in [0.15, 0.2) is 60.7 Å². The zero-order chi connectivity index (χ0) is 29.2. The van der Waals surface area contributed by atoms with E-state index in [1.807, 2.05) is 54.3 Å². The van der Waals surface area contributed by atoms with Gasteiger partial charge in [0.2, 0.25) is 0 Å². The quantitative estimate of drug-likeness (QED) is 0.286. The molecule has 1 aliphatic heterocycles. The number of nitrogens with zero attached hydrogens (tertiary/aromatic N) is 3. The number of aryl methyl sites for hydroxylation is 2. The van der Waals surface area contributed by atoms with Crippen LogP contribution in [0, 0.1) is 6.92 Å². The van der Waals surface area contributed by atoms with Gasteiger partial charge in [0.25, 0.3) is 11.8 Å². The van der Waals surface area contributed by atoms with Crippen LogP contribution < -0.4 is 10.6 Å². The maximum Gasteiger partial charge on any atom is 0.272 e. The molecule has 41 heavy (non-hydrogen) atoms. The molecular weight excluding hydrogens is 514 g/mol. The zero-order valence-corrected chi connectivity index (χ0v) is 24.7. The fourth-order valence-electron chi connectivity index (χ4n) is 5.71. The molecule has 1 saturated heterocycles. The summed E-state index contributed by atoms with van der Waals surface area (Å²) in [4.78, 5) is 29.1. The number of nitrogens with one attached hydrogen (secondary N) is 2. The number of aliphatic hydroxyl groups excluding tert-OH is 1. The van der Waals surface area contributed by atoms with Crippen molar-refractivity contribution < 1.29 is 14.7 Å². The number of piperidine rings is 1. The summed E-state index contributed by atoms with van der Waals surface area (Å²) in [5.41, 5.74) is 3.97. The Bertz CT molecular complexity index is 1270. The lowest BCUT2D eigenvalue weighted by molar-refractivity contribution is 0.0588. The van der Waals surface area contributed by atoms with Gasteiger partial charge in [-0.25, -0.2) is 0 Å². The predicted molar refractivity (Wildman–Crippen MR) is 162 cm³/mol. The van der Waals surface area contributed by atoms with Crippen molar-refractivity contribution >= 4 is 11.8 Å². The molecule has 2 heterocycles. The van der Waals surface area contributed by atoms with Crippen LogP contribution in [0.2, 0.25) is 0 Å². The highest BCUT2D eigenvalue weighted by molar-refractivity contribution is 5.98. The number of aliphatic hydroxyl groups is 1. The Labute approximate surface area is 244 Å². The van der Waals surface area contributed by atoms with Crippen molar-refractivity contribution in [3.63, 3.8) is 0 Å². The lowest BCUT2D eigenvalue weighted by Gasteiger charge is -2.35. The molecule has 0 aliphatic carbocycles. The molecule has 3 atom stereocenters. The summed E-state index contributed by atoms with van der Waals surface area (Å²) in [5, 5.41) is 22.0. The van der Waals surface area contributed by atoms with Gasteiger partial charge in [-0.05, 0) is 57.1 Å². The minimum absolute atomic E-state index is 0.0576. The number of benzene rings is 2. The molecule has 3 aromatic rings. The summed E-state index contributed by atoms with van der Waals surface area (Å²) in [6.45, 7) is 8.28. The summed E-state index contributed by atoms with van der Waals surface area (Å²) < 4.78 is 1.63. The topological polar surface area (TPSA) is 99.5 Å². The number of carbonyl (C=O) groups excluding carboxylic acids is 2. The van der Waals surface area contributed by atoms with E-state index in [1.54, 1.807) is 10.7 Å². The first-order chi connectivity index (χ1) is 19.9. The van der Waals surface area contributed by atoms with E-state index in [2.05, 4.69) is 41.7 Å². The molecule has 0 bridgehead atoms. The first-order valence-corrected chi connectivity index (χ1v) is 15.1. The van der Waals surface area contributed by atoms with Gasteiger partial charge in [-0.2, -0.15) is 5.10 Å². The third kappa shape index (κ3) is 8.27. The van der Waals surface area contributed by atoms with Gasteiger partial charge in [0.1, 0.15) is 5.69 Å². The summed E-state index contributed by atoms with van der Waals surface area (Å²) in [5.74, 6) is -0.452. The van der Waals surface area contributed by atoms with Gasteiger partial charge in [0.05, 0.1) is 12.1 Å². The van der Waals surface area contributed by atoms with Crippen LogP contribution in [-0.4, -0.2) is 62.9 Å². The van der Waals surface area contributed by atoms with Crippen LogP contribution in [0.25, 0.3) is 0 Å². The molecule has 8 heteroatoms. The average molecular weight is 560 g/mol. The van der Waals surface area contributed by atoms with Crippen LogP contribution in [0.4, 0.5) is 0 Å². The van der Waals surface area contributed by atoms with Crippen LogP contribution in [-0.2, 0) is 19.5 Å². The maximum absolute atomic E-state index is 13.6. The summed E-state index contributed by atoms with van der Waals surface area (Å²) in [7, 11) is 0. The Morgan fingerprint density at radius 1 is 1.05 bits per heavy atom. The monoisotopic (exact) mass is 559 g/mol. The standard InChI is InChI=1S/C33H45N5O3/c1-4-12-27-17-9-10-18-37(27)33(41)30-21-29(36-38(30)5-2)32(40)35-28(20-25-14-7-6-8-15-25)31(39)23-34-22-26-16-11-13-24(3)19-26/h6-8,11,13-16,19,21,27-28,31,34,39H,4-5,9-10,12,17-18,20,22-23H2,1-3H3,(H,35,40)/t27?,28-,31+/m0/s1. The Morgan fingerprint density at radius 3 is 2.56 bits per heavy atom. The second-order valence-corrected chi connectivity index (χ2v) is 11.1. The van der Waals surface area contributed by atoms with Gasteiger partial charge < -0.3 is 20.6 Å². The first-order valence-electron chi connectivity index (χ1n) is 15.1. The largest absolute Gasteiger partial charge is 0.390 e. The fraction of sp³-hybridized carbons (Fsp3) is 0.485. The van der Waals surface area contributed by atoms with Crippen molar-refractivity contribution in [2.75, 3.05) is 13.1 Å². The third-order valence-electron chi connectivity index (χ3n) is 7.89. The van der Waals surface area contributed by atoms with Crippen LogP contribution in [0.1, 0.15) is 83.6 Å². The molecule has 1 unspecified atom stereocenters. The van der Waals surface area contributed by atoms with Gasteiger partial charge >= 0.3 is 0 Å². The summed E-state index contributed by atoms with van der Waals surface area (Å²) in [6, 6.07) is 19.3. The Kier molecular flexibility index (Phi) is 11.1. The molecule has 8 nitrogen and oxygen atoms in total. The molecule has 2 amide bonds. The molecule has 0 saturated carbocycles. The third-order valence-corrected chi connectivity index (χ3v) is 7.89. The molecule has 4 rings (SSSR count). The van der Waals surface area contributed by atoms with Crippen LogP contribution in [0.3, 0.4) is 0 Å². The van der Waals surface area contributed by atoms with Crippen LogP contribution >= 0.6 is 0 Å². The van der Waals surface area contributed by atoms with Crippen molar-refractivity contribution in [1.82, 2.24) is 25.3 Å². The Hall–Kier alpha value is -3.49. The molecule has 0 spiro atoms. The average Bonchev–Trinajstić information content (AvgIpc) is 3.42. The van der Waals surface area contributed by atoms with Crippen molar-refractivity contribution in [2.45, 2.75) is 90.6 Å². The number of likely N-dealkylation sites (tertiary alicyclic amines) is 1. The highest BCUT2D eigenvalue weighted by Gasteiger charge is 2.31. The fourth-order valence-corrected chi connectivity index (χ4v) is 5.71. The second kappa shape index (κ2) is 14.9. The molecule has 0 radical (unpaired) electrons. The molecule has 3 N–H and O–H groups in total. The van der Waals surface area contributed by atoms with E-state index in [1.165, 1.54) is 5.56 Å². The van der Waals surface area contributed by atoms with E-state index in [0.717, 1.165) is 49.8 Å². The lowest BCUT2D eigenvalue weighted by atomic mass is 9.98. The number of rotatable bonds is 13. The molecular formula is C33H45N5O3. The minimum atomic E-state index is -0.832. The summed E-state index contributed by atoms with van der Waals surface area (Å²) >= 11 is 0. The van der Waals surface area contributed by atoms with Gasteiger partial charge in [-0.1, -0.05) is 73.5 Å². The second-order valence-electron chi connectivity index (χ2n) is 11.1. The van der Waals surface area contributed by atoms with E-state index >= 15 is 0 Å². The van der Waals surface area contributed by atoms with Gasteiger partial charge in [0, 0.05) is 38.3 Å². The number of amides is 2. The maximum atomic E-state index is 13.6. The number of aromatic nitrogens is 2. The lowest BCUT2D eigenvalue weighted by Crippen LogP contribution is -2.48. The van der Waals surface area contributed by atoms with Crippen molar-refractivity contribution in [3.8, 4) is 0 Å². The number of hydrogen-bond donors (Lipinski definition) is 3. The molecule has 2 aromatic carbocycles. The van der Waals surface area contributed by atoms with Crippen molar-refractivity contribution in [2.24, 2.45) is 0 Å².